The molecule has 0 N–H and O–H groups in total. The van der Waals surface area contributed by atoms with Gasteiger partial charge in [0.2, 0.25) is 0 Å². The minimum atomic E-state index is 1.32. The van der Waals surface area contributed by atoms with Gasteiger partial charge in [0, 0.05) is 0 Å². The van der Waals surface area contributed by atoms with Gasteiger partial charge in [-0.3, -0.25) is 0 Å². The predicted molar refractivity (Wildman–Crippen MR) is 131 cm³/mol. The zero-order chi connectivity index (χ0) is 21.0. The largest absolute Gasteiger partial charge is 0.303 e. The summed E-state index contributed by atoms with van der Waals surface area (Å²) in [6, 6.07) is 0. The Morgan fingerprint density at radius 1 is 0.379 bits per heavy atom. The fourth-order valence-electron chi connectivity index (χ4n) is 4.63. The van der Waals surface area contributed by atoms with Crippen molar-refractivity contribution in [2.24, 2.45) is 0 Å². The third-order valence-corrected chi connectivity index (χ3v) is 6.54. The van der Waals surface area contributed by atoms with Gasteiger partial charge < -0.3 is 14.7 Å². The first-order chi connectivity index (χ1) is 14.3. The van der Waals surface area contributed by atoms with Crippen LogP contribution >= 0.6 is 0 Å². The van der Waals surface area contributed by atoms with E-state index in [1.54, 1.807) is 0 Å². The van der Waals surface area contributed by atoms with E-state index in [4.69, 9.17) is 0 Å². The highest BCUT2D eigenvalue weighted by Crippen LogP contribution is 2.10. The lowest BCUT2D eigenvalue weighted by atomic mass is 10.1. The molecule has 3 saturated heterocycles. The fourth-order valence-corrected chi connectivity index (χ4v) is 4.63. The van der Waals surface area contributed by atoms with Crippen LogP contribution in [0.1, 0.15) is 111 Å². The smallest absolute Gasteiger partial charge is 0.00187 e. The molecule has 0 amide bonds. The lowest BCUT2D eigenvalue weighted by Gasteiger charge is -2.25. The monoisotopic (exact) mass is 409 g/mol. The van der Waals surface area contributed by atoms with E-state index in [0.717, 1.165) is 0 Å². The first-order valence-corrected chi connectivity index (χ1v) is 13.5. The van der Waals surface area contributed by atoms with E-state index in [-0.39, 0.29) is 0 Å². The van der Waals surface area contributed by atoms with Crippen molar-refractivity contribution in [1.82, 2.24) is 14.7 Å². The van der Waals surface area contributed by atoms with Crippen LogP contribution in [0.25, 0.3) is 0 Å². The van der Waals surface area contributed by atoms with Crippen molar-refractivity contribution < 1.29 is 0 Å². The summed E-state index contributed by atoms with van der Waals surface area (Å²) in [5, 5.41) is 0. The number of likely N-dealkylation sites (tertiary alicyclic amines) is 3. The highest BCUT2D eigenvalue weighted by molar-refractivity contribution is 4.64. The van der Waals surface area contributed by atoms with E-state index in [9.17, 15) is 0 Å². The molecule has 0 saturated carbocycles. The average Bonchev–Trinajstić information content (AvgIpc) is 2.79. The Hall–Kier alpha value is -0.120. The number of nitrogens with zero attached hydrogens (tertiary/aromatic N) is 3. The molecule has 0 bridgehead atoms. The molecule has 174 valence electrons. The molecule has 3 fully saturated rings. The highest BCUT2D eigenvalue weighted by Gasteiger charge is 2.09. The van der Waals surface area contributed by atoms with Crippen molar-refractivity contribution in [3.63, 3.8) is 0 Å². The Kier molecular flexibility index (Phi) is 18.4. The van der Waals surface area contributed by atoms with Crippen molar-refractivity contribution in [3.8, 4) is 0 Å². The SMILES string of the molecule is CCCCN1CCCCC1.CCCCN1CCCCC1.CCCN1CCCCC1. The second-order valence-corrected chi connectivity index (χ2v) is 9.41. The standard InChI is InChI=1S/2C9H19N.C8H17N/c2*1-2-3-7-10-8-5-4-6-9-10;1-2-6-9-7-4-3-5-8-9/h2*2-9H2,1H3;2-8H2,1H3. The van der Waals surface area contributed by atoms with Gasteiger partial charge in [0.15, 0.2) is 0 Å². The number of hydrogen-bond donors (Lipinski definition) is 0. The van der Waals surface area contributed by atoms with Gasteiger partial charge in [0.25, 0.3) is 0 Å². The minimum Gasteiger partial charge on any atom is -0.303 e. The molecule has 0 atom stereocenters. The van der Waals surface area contributed by atoms with Gasteiger partial charge >= 0.3 is 0 Å². The molecule has 29 heavy (non-hydrogen) atoms. The maximum Gasteiger partial charge on any atom is -0.00187 e. The van der Waals surface area contributed by atoms with Crippen molar-refractivity contribution >= 4 is 0 Å². The summed E-state index contributed by atoms with van der Waals surface area (Å²) < 4.78 is 0. The summed E-state index contributed by atoms with van der Waals surface area (Å²) in [5.41, 5.74) is 0. The van der Waals surface area contributed by atoms with Crippen LogP contribution in [0.5, 0.6) is 0 Å². The van der Waals surface area contributed by atoms with Crippen LogP contribution in [0.2, 0.25) is 0 Å². The average molecular weight is 410 g/mol. The summed E-state index contributed by atoms with van der Waals surface area (Å²) in [6.07, 6.45) is 19.8. The molecule has 0 unspecified atom stereocenters. The van der Waals surface area contributed by atoms with Crippen LogP contribution in [0, 0.1) is 0 Å². The van der Waals surface area contributed by atoms with Gasteiger partial charge in [-0.25, -0.2) is 0 Å². The number of unbranched alkanes of at least 4 members (excludes halogenated alkanes) is 2. The molecule has 3 aliphatic heterocycles. The quantitative estimate of drug-likeness (QED) is 0.457. The molecular formula is C26H55N3. The van der Waals surface area contributed by atoms with Crippen LogP contribution in [0.3, 0.4) is 0 Å². The summed E-state index contributed by atoms with van der Waals surface area (Å²) in [7, 11) is 0. The Morgan fingerprint density at radius 2 is 0.690 bits per heavy atom. The van der Waals surface area contributed by atoms with E-state index in [0.29, 0.717) is 0 Å². The van der Waals surface area contributed by atoms with E-state index in [1.807, 2.05) is 0 Å². The summed E-state index contributed by atoms with van der Waals surface area (Å²) in [5.74, 6) is 0. The predicted octanol–water partition coefficient (Wildman–Crippen LogP) is 6.43. The van der Waals surface area contributed by atoms with Crippen molar-refractivity contribution in [1.29, 1.82) is 0 Å². The van der Waals surface area contributed by atoms with E-state index < -0.39 is 0 Å². The Balaban J connectivity index is 0.000000218. The molecule has 0 spiro atoms. The van der Waals surface area contributed by atoms with E-state index in [1.165, 1.54) is 149 Å². The molecule has 3 heterocycles. The van der Waals surface area contributed by atoms with Gasteiger partial charge in [0.1, 0.15) is 0 Å². The van der Waals surface area contributed by atoms with Crippen molar-refractivity contribution in [2.75, 3.05) is 58.9 Å². The molecule has 0 radical (unpaired) electrons. The Morgan fingerprint density at radius 3 is 0.966 bits per heavy atom. The van der Waals surface area contributed by atoms with E-state index >= 15 is 0 Å². The van der Waals surface area contributed by atoms with Crippen LogP contribution in [0.4, 0.5) is 0 Å². The van der Waals surface area contributed by atoms with Crippen LogP contribution < -0.4 is 0 Å². The fraction of sp³-hybridized carbons (Fsp3) is 1.00. The minimum absolute atomic E-state index is 1.32. The Labute approximate surface area is 184 Å². The molecule has 0 aromatic heterocycles. The zero-order valence-electron chi connectivity index (χ0n) is 20.6. The first-order valence-electron chi connectivity index (χ1n) is 13.5. The van der Waals surface area contributed by atoms with Crippen LogP contribution in [-0.4, -0.2) is 73.6 Å². The van der Waals surface area contributed by atoms with Gasteiger partial charge in [-0.05, 0) is 117 Å². The van der Waals surface area contributed by atoms with Gasteiger partial charge in [-0.15, -0.1) is 0 Å². The molecule has 0 aliphatic carbocycles. The van der Waals surface area contributed by atoms with Crippen LogP contribution in [-0.2, 0) is 0 Å². The topological polar surface area (TPSA) is 9.72 Å². The maximum absolute atomic E-state index is 2.60. The van der Waals surface area contributed by atoms with E-state index in [2.05, 4.69) is 35.5 Å². The third kappa shape index (κ3) is 15.3. The van der Waals surface area contributed by atoms with Crippen molar-refractivity contribution in [2.45, 2.75) is 111 Å². The third-order valence-electron chi connectivity index (χ3n) is 6.54. The van der Waals surface area contributed by atoms with Crippen molar-refractivity contribution in [3.05, 3.63) is 0 Å². The molecule has 3 rings (SSSR count). The van der Waals surface area contributed by atoms with Gasteiger partial charge in [0.05, 0.1) is 0 Å². The molecule has 0 aromatic rings. The Bertz CT molecular complexity index is 291. The summed E-state index contributed by atoms with van der Waals surface area (Å²) in [6.45, 7) is 19.0. The lowest BCUT2D eigenvalue weighted by molar-refractivity contribution is 0.226. The zero-order valence-corrected chi connectivity index (χ0v) is 20.6. The molecule has 3 nitrogen and oxygen atoms in total. The molecule has 3 heteroatoms. The number of hydrogen-bond acceptors (Lipinski definition) is 3. The molecule has 3 aliphatic rings. The maximum atomic E-state index is 2.60. The summed E-state index contributed by atoms with van der Waals surface area (Å²) >= 11 is 0. The lowest BCUT2D eigenvalue weighted by Crippen LogP contribution is -2.30. The normalized spacial score (nSPS) is 21.6. The van der Waals surface area contributed by atoms with Gasteiger partial charge in [-0.2, -0.15) is 0 Å². The van der Waals surface area contributed by atoms with Gasteiger partial charge in [-0.1, -0.05) is 52.9 Å². The highest BCUT2D eigenvalue weighted by atomic mass is 15.1. The number of rotatable bonds is 8. The number of piperidine rings is 3. The summed E-state index contributed by atoms with van der Waals surface area (Å²) in [4.78, 5) is 7.78. The molecular weight excluding hydrogens is 354 g/mol. The second-order valence-electron chi connectivity index (χ2n) is 9.41. The second kappa shape index (κ2) is 19.8. The first kappa shape index (κ1) is 26.9. The van der Waals surface area contributed by atoms with Crippen LogP contribution in [0.15, 0.2) is 0 Å². The molecule has 0 aromatic carbocycles.